The molecule has 0 heterocycles. The molecule has 0 aromatic heterocycles. The first-order chi connectivity index (χ1) is 19.0. The van der Waals surface area contributed by atoms with Gasteiger partial charge in [0.2, 0.25) is 0 Å². The van der Waals surface area contributed by atoms with Gasteiger partial charge in [0.1, 0.15) is 0 Å². The highest BCUT2D eigenvalue weighted by Gasteiger charge is 2.29. The molecule has 206 valence electrons. The van der Waals surface area contributed by atoms with E-state index in [0.29, 0.717) is 23.7 Å². The molecule has 1 aliphatic rings. The quantitative estimate of drug-likeness (QED) is 0.238. The van der Waals surface area contributed by atoms with Crippen LogP contribution in [0.2, 0.25) is 0 Å². The number of benzene rings is 4. The van der Waals surface area contributed by atoms with E-state index >= 15 is 0 Å². The van der Waals surface area contributed by atoms with Crippen molar-refractivity contribution in [3.63, 3.8) is 0 Å². The molecule has 1 aliphatic carbocycles. The van der Waals surface area contributed by atoms with E-state index in [0.717, 1.165) is 22.8 Å². The Kier molecular flexibility index (Phi) is 7.57. The molecule has 0 spiro atoms. The van der Waals surface area contributed by atoms with Gasteiger partial charge in [-0.3, -0.25) is 0 Å². The summed E-state index contributed by atoms with van der Waals surface area (Å²) in [5, 5.41) is 2.50. The van der Waals surface area contributed by atoms with E-state index in [4.69, 9.17) is 9.98 Å². The highest BCUT2D eigenvalue weighted by molar-refractivity contribution is 6.61. The third-order valence-corrected chi connectivity index (χ3v) is 8.20. The molecule has 5 rings (SSSR count). The van der Waals surface area contributed by atoms with Gasteiger partial charge in [-0.25, -0.2) is 9.98 Å². The fourth-order valence-corrected chi connectivity index (χ4v) is 6.13. The van der Waals surface area contributed by atoms with Crippen LogP contribution in [0, 0.1) is 13.8 Å². The summed E-state index contributed by atoms with van der Waals surface area (Å²) in [5.74, 6) is 1.48. The van der Waals surface area contributed by atoms with Crippen LogP contribution < -0.4 is 0 Å². The third kappa shape index (κ3) is 4.94. The van der Waals surface area contributed by atoms with Crippen LogP contribution in [0.5, 0.6) is 0 Å². The lowest BCUT2D eigenvalue weighted by molar-refractivity contribution is 0.831. The third-order valence-electron chi connectivity index (χ3n) is 8.20. The van der Waals surface area contributed by atoms with E-state index in [1.807, 2.05) is 0 Å². The molecule has 0 saturated heterocycles. The Morgan fingerprint density at radius 1 is 0.475 bits per heavy atom. The number of hydrogen-bond acceptors (Lipinski definition) is 2. The van der Waals surface area contributed by atoms with E-state index in [1.54, 1.807) is 0 Å². The second kappa shape index (κ2) is 10.8. The van der Waals surface area contributed by atoms with Crippen LogP contribution in [0.25, 0.3) is 10.8 Å². The summed E-state index contributed by atoms with van der Waals surface area (Å²) in [6.07, 6.45) is 0. The van der Waals surface area contributed by atoms with E-state index < -0.39 is 0 Å². The highest BCUT2D eigenvalue weighted by Crippen LogP contribution is 2.42. The molecule has 2 heteroatoms. The number of aryl methyl sites for hydroxylation is 2. The summed E-state index contributed by atoms with van der Waals surface area (Å²) in [7, 11) is 0. The molecule has 0 bridgehead atoms. The molecular formula is C38H44N2. The Hall–Kier alpha value is -3.52. The first kappa shape index (κ1) is 28.0. The second-order valence-corrected chi connectivity index (χ2v) is 12.8. The summed E-state index contributed by atoms with van der Waals surface area (Å²) < 4.78 is 0. The Labute approximate surface area is 241 Å². The number of nitrogens with zero attached hydrogens (tertiary/aromatic N) is 2. The van der Waals surface area contributed by atoms with Crippen molar-refractivity contribution in [1.29, 1.82) is 0 Å². The van der Waals surface area contributed by atoms with Gasteiger partial charge >= 0.3 is 0 Å². The van der Waals surface area contributed by atoms with Gasteiger partial charge in [-0.05, 0) is 65.2 Å². The molecule has 0 fully saturated rings. The van der Waals surface area contributed by atoms with Gasteiger partial charge in [-0.2, -0.15) is 0 Å². The normalized spacial score (nSPS) is 15.2. The first-order valence-electron chi connectivity index (χ1n) is 15.0. The van der Waals surface area contributed by atoms with Crippen LogP contribution in [-0.4, -0.2) is 11.4 Å². The molecule has 4 aromatic carbocycles. The standard InChI is InChI=1S/C38H44N2/c1-21(2)30-17-25(9)18-31(22(3)4)35(30)39-37-28-15-11-13-27-14-12-16-29(34(27)28)38(37)40-36-32(23(5)6)19-26(10)20-33(36)24(7)8/h11-24H,1-10H3. The van der Waals surface area contributed by atoms with Crippen LogP contribution in [0.1, 0.15) is 124 Å². The van der Waals surface area contributed by atoms with Gasteiger partial charge in [-0.1, -0.05) is 127 Å². The predicted octanol–water partition coefficient (Wildman–Crippen LogP) is 11.2. The minimum Gasteiger partial charge on any atom is -0.245 e. The topological polar surface area (TPSA) is 24.7 Å². The summed E-state index contributed by atoms with van der Waals surface area (Å²) in [5.41, 5.74) is 14.4. The Morgan fingerprint density at radius 2 is 0.800 bits per heavy atom. The summed E-state index contributed by atoms with van der Waals surface area (Å²) in [6, 6.07) is 22.5. The predicted molar refractivity (Wildman–Crippen MR) is 175 cm³/mol. The van der Waals surface area contributed by atoms with E-state index in [2.05, 4.69) is 130 Å². The molecule has 0 unspecified atom stereocenters. The van der Waals surface area contributed by atoms with E-state index in [1.165, 1.54) is 55.3 Å². The van der Waals surface area contributed by atoms with Gasteiger partial charge in [0.15, 0.2) is 0 Å². The van der Waals surface area contributed by atoms with Crippen LogP contribution >= 0.6 is 0 Å². The smallest absolute Gasteiger partial charge is 0.0979 e. The lowest BCUT2D eigenvalue weighted by Gasteiger charge is -2.20. The number of hydrogen-bond donors (Lipinski definition) is 0. The molecule has 2 nitrogen and oxygen atoms in total. The fraction of sp³-hybridized carbons (Fsp3) is 0.368. The molecule has 40 heavy (non-hydrogen) atoms. The van der Waals surface area contributed by atoms with E-state index in [-0.39, 0.29) is 0 Å². The van der Waals surface area contributed by atoms with Crippen LogP contribution in [0.3, 0.4) is 0 Å². The van der Waals surface area contributed by atoms with Crippen molar-refractivity contribution < 1.29 is 0 Å². The molecular weight excluding hydrogens is 484 g/mol. The van der Waals surface area contributed by atoms with Gasteiger partial charge in [-0.15, -0.1) is 0 Å². The van der Waals surface area contributed by atoms with Crippen molar-refractivity contribution in [1.82, 2.24) is 0 Å². The van der Waals surface area contributed by atoms with Gasteiger partial charge in [0.25, 0.3) is 0 Å². The van der Waals surface area contributed by atoms with Gasteiger partial charge < -0.3 is 0 Å². The Morgan fingerprint density at radius 3 is 1.10 bits per heavy atom. The van der Waals surface area contributed by atoms with Crippen molar-refractivity contribution in [3.05, 3.63) is 105 Å². The molecule has 0 saturated carbocycles. The molecule has 0 N–H and O–H groups in total. The average molecular weight is 529 g/mol. The van der Waals surface area contributed by atoms with Crippen molar-refractivity contribution in [2.24, 2.45) is 9.98 Å². The van der Waals surface area contributed by atoms with Crippen LogP contribution in [0.15, 0.2) is 70.6 Å². The summed E-state index contributed by atoms with van der Waals surface area (Å²) >= 11 is 0. The lowest BCUT2D eigenvalue weighted by atomic mass is 9.90. The van der Waals surface area contributed by atoms with Crippen molar-refractivity contribution in [2.75, 3.05) is 0 Å². The first-order valence-corrected chi connectivity index (χ1v) is 15.0. The molecule has 0 atom stereocenters. The summed E-state index contributed by atoms with van der Waals surface area (Å²) in [4.78, 5) is 11.2. The average Bonchev–Trinajstić information content (AvgIpc) is 3.19. The maximum absolute atomic E-state index is 5.61. The maximum Gasteiger partial charge on any atom is 0.0979 e. The van der Waals surface area contributed by atoms with E-state index in [9.17, 15) is 0 Å². The zero-order valence-electron chi connectivity index (χ0n) is 26.0. The van der Waals surface area contributed by atoms with Crippen molar-refractivity contribution >= 4 is 33.6 Å². The fourth-order valence-electron chi connectivity index (χ4n) is 6.13. The number of aliphatic imine (C=N–C) groups is 2. The van der Waals surface area contributed by atoms with Gasteiger partial charge in [0, 0.05) is 16.5 Å². The minimum absolute atomic E-state index is 0.369. The maximum atomic E-state index is 5.61. The Bertz CT molecular complexity index is 1480. The molecule has 0 aliphatic heterocycles. The molecule has 4 aromatic rings. The largest absolute Gasteiger partial charge is 0.245 e. The van der Waals surface area contributed by atoms with Crippen LogP contribution in [0.4, 0.5) is 11.4 Å². The monoisotopic (exact) mass is 528 g/mol. The molecule has 0 radical (unpaired) electrons. The zero-order chi connectivity index (χ0) is 28.9. The van der Waals surface area contributed by atoms with Gasteiger partial charge in [0.05, 0.1) is 22.8 Å². The SMILES string of the molecule is Cc1cc(C(C)C)c(N=C2C(=Nc3c(C(C)C)cc(C)cc3C(C)C)c3cccc4cccc2c34)c(C(C)C)c1. The van der Waals surface area contributed by atoms with Crippen molar-refractivity contribution in [3.8, 4) is 0 Å². The Balaban J connectivity index is 1.90. The lowest BCUT2D eigenvalue weighted by Crippen LogP contribution is -2.12. The highest BCUT2D eigenvalue weighted by atomic mass is 14.9. The second-order valence-electron chi connectivity index (χ2n) is 12.8. The minimum atomic E-state index is 0.369. The van der Waals surface area contributed by atoms with Crippen molar-refractivity contribution in [2.45, 2.75) is 92.9 Å². The summed E-state index contributed by atoms with van der Waals surface area (Å²) in [6.45, 7) is 22.6. The van der Waals surface area contributed by atoms with Crippen LogP contribution in [-0.2, 0) is 0 Å². The zero-order valence-corrected chi connectivity index (χ0v) is 26.0. The number of rotatable bonds is 6. The molecule has 0 amide bonds.